The maximum absolute atomic E-state index is 12.9. The second-order valence-electron chi connectivity index (χ2n) is 8.22. The number of aromatic nitrogens is 4. The Balaban J connectivity index is 1.46. The molecule has 0 fully saturated rings. The lowest BCUT2D eigenvalue weighted by Crippen LogP contribution is -2.28. The number of carbonyl (C=O) groups excluding carboxylic acids is 1. The highest BCUT2D eigenvalue weighted by Crippen LogP contribution is 2.25. The fourth-order valence-corrected chi connectivity index (χ4v) is 4.39. The minimum Gasteiger partial charge on any atom is -0.378 e. The molecule has 0 atom stereocenters. The zero-order valence-corrected chi connectivity index (χ0v) is 20.4. The first-order valence-electron chi connectivity index (χ1n) is 11.0. The maximum atomic E-state index is 12.9. The molecule has 0 bridgehead atoms. The summed E-state index contributed by atoms with van der Waals surface area (Å²) in [6.45, 7) is 1.17. The van der Waals surface area contributed by atoms with Gasteiger partial charge in [0.05, 0.1) is 12.3 Å². The van der Waals surface area contributed by atoms with Crippen LogP contribution in [0.1, 0.15) is 11.1 Å². The molecule has 0 radical (unpaired) electrons. The van der Waals surface area contributed by atoms with Crippen molar-refractivity contribution in [2.45, 2.75) is 18.2 Å². The molecule has 0 spiro atoms. The van der Waals surface area contributed by atoms with Crippen LogP contribution in [-0.4, -0.2) is 57.5 Å². The van der Waals surface area contributed by atoms with E-state index in [2.05, 4.69) is 56.5 Å². The molecule has 4 aromatic rings. The van der Waals surface area contributed by atoms with Gasteiger partial charge in [-0.05, 0) is 35.4 Å². The van der Waals surface area contributed by atoms with Crippen molar-refractivity contribution in [1.29, 1.82) is 0 Å². The number of carbonyl (C=O) groups is 1. The highest BCUT2D eigenvalue weighted by Gasteiger charge is 2.18. The average Bonchev–Trinajstić information content (AvgIpc) is 3.26. The number of rotatable bonds is 9. The van der Waals surface area contributed by atoms with Gasteiger partial charge >= 0.3 is 0 Å². The van der Waals surface area contributed by atoms with Crippen LogP contribution in [-0.2, 0) is 17.9 Å². The molecule has 0 aliphatic heterocycles. The largest absolute Gasteiger partial charge is 0.378 e. The third kappa shape index (κ3) is 5.82. The van der Waals surface area contributed by atoms with E-state index in [1.165, 1.54) is 11.8 Å². The van der Waals surface area contributed by atoms with Gasteiger partial charge in [-0.1, -0.05) is 54.2 Å². The first-order valence-corrected chi connectivity index (χ1v) is 12.0. The Morgan fingerprint density at radius 3 is 2.35 bits per heavy atom. The van der Waals surface area contributed by atoms with E-state index in [1.807, 2.05) is 56.0 Å². The number of anilines is 1. The van der Waals surface area contributed by atoms with Gasteiger partial charge in [0.25, 0.3) is 0 Å². The Morgan fingerprint density at radius 1 is 0.912 bits per heavy atom. The predicted molar refractivity (Wildman–Crippen MR) is 137 cm³/mol. The summed E-state index contributed by atoms with van der Waals surface area (Å²) < 4.78 is 2.05. The summed E-state index contributed by atoms with van der Waals surface area (Å²) in [5.41, 5.74) is 4.26. The van der Waals surface area contributed by atoms with E-state index in [1.54, 1.807) is 17.3 Å². The molecule has 2 aromatic carbocycles. The van der Waals surface area contributed by atoms with Crippen molar-refractivity contribution in [3.05, 3.63) is 90.3 Å². The molecule has 0 aliphatic carbocycles. The van der Waals surface area contributed by atoms with Crippen molar-refractivity contribution in [3.8, 4) is 11.4 Å². The van der Waals surface area contributed by atoms with Gasteiger partial charge in [0, 0.05) is 51.3 Å². The number of nitrogens with zero attached hydrogens (tertiary/aromatic N) is 6. The van der Waals surface area contributed by atoms with E-state index in [-0.39, 0.29) is 11.7 Å². The van der Waals surface area contributed by atoms with Crippen molar-refractivity contribution in [1.82, 2.24) is 24.6 Å². The molecule has 0 saturated heterocycles. The molecule has 34 heavy (non-hydrogen) atoms. The van der Waals surface area contributed by atoms with Gasteiger partial charge in [-0.25, -0.2) is 0 Å². The second kappa shape index (κ2) is 11.0. The molecule has 8 heteroatoms. The third-order valence-electron chi connectivity index (χ3n) is 5.44. The van der Waals surface area contributed by atoms with Gasteiger partial charge < -0.3 is 9.80 Å². The minimum atomic E-state index is 0.0406. The lowest BCUT2D eigenvalue weighted by atomic mass is 10.2. The van der Waals surface area contributed by atoms with Crippen LogP contribution in [0.15, 0.2) is 84.3 Å². The summed E-state index contributed by atoms with van der Waals surface area (Å²) in [4.78, 5) is 20.9. The van der Waals surface area contributed by atoms with E-state index in [0.717, 1.165) is 28.2 Å². The van der Waals surface area contributed by atoms with Crippen LogP contribution in [0.25, 0.3) is 11.4 Å². The number of thioether (sulfide) groups is 1. The van der Waals surface area contributed by atoms with Crippen LogP contribution in [0.3, 0.4) is 0 Å². The Labute approximate surface area is 204 Å². The Hall–Kier alpha value is -3.65. The Morgan fingerprint density at radius 2 is 1.68 bits per heavy atom. The molecule has 2 aromatic heterocycles. The fraction of sp³-hybridized carbons (Fsp3) is 0.231. The Kier molecular flexibility index (Phi) is 7.59. The van der Waals surface area contributed by atoms with Crippen LogP contribution in [0, 0.1) is 0 Å². The first kappa shape index (κ1) is 23.5. The predicted octanol–water partition coefficient (Wildman–Crippen LogP) is 4.21. The SMILES string of the molecule is CN(Cc1ccc(N(C)C)cc1)C(=O)CSc1nnc(-c2cccnc2)n1Cc1ccccc1. The molecule has 0 saturated carbocycles. The van der Waals surface area contributed by atoms with Crippen LogP contribution in [0.5, 0.6) is 0 Å². The number of pyridine rings is 1. The molecular formula is C26H28N6OS. The summed E-state index contributed by atoms with van der Waals surface area (Å²) >= 11 is 1.41. The van der Waals surface area contributed by atoms with Gasteiger partial charge in [-0.15, -0.1) is 10.2 Å². The van der Waals surface area contributed by atoms with Crippen molar-refractivity contribution < 1.29 is 4.79 Å². The van der Waals surface area contributed by atoms with Gasteiger partial charge in [-0.2, -0.15) is 0 Å². The summed E-state index contributed by atoms with van der Waals surface area (Å²) in [5.74, 6) is 1.06. The molecule has 2 heterocycles. The third-order valence-corrected chi connectivity index (χ3v) is 6.39. The summed E-state index contributed by atoms with van der Waals surface area (Å²) in [6, 6.07) is 22.3. The van der Waals surface area contributed by atoms with Gasteiger partial charge in [0.1, 0.15) is 0 Å². The highest BCUT2D eigenvalue weighted by molar-refractivity contribution is 7.99. The maximum Gasteiger partial charge on any atom is 0.233 e. The molecule has 0 aliphatic rings. The molecule has 7 nitrogen and oxygen atoms in total. The first-order chi connectivity index (χ1) is 16.5. The molecule has 0 N–H and O–H groups in total. The summed E-state index contributed by atoms with van der Waals surface area (Å²) in [6.07, 6.45) is 3.51. The second-order valence-corrected chi connectivity index (χ2v) is 9.16. The summed E-state index contributed by atoms with van der Waals surface area (Å²) in [7, 11) is 5.86. The van der Waals surface area contributed by atoms with Crippen molar-refractivity contribution >= 4 is 23.4 Å². The average molecular weight is 473 g/mol. The molecular weight excluding hydrogens is 444 g/mol. The van der Waals surface area contributed by atoms with Gasteiger partial charge in [0.15, 0.2) is 11.0 Å². The van der Waals surface area contributed by atoms with Crippen LogP contribution < -0.4 is 4.90 Å². The van der Waals surface area contributed by atoms with Crippen molar-refractivity contribution in [2.24, 2.45) is 0 Å². The van der Waals surface area contributed by atoms with Gasteiger partial charge in [0.2, 0.25) is 5.91 Å². The number of benzene rings is 2. The lowest BCUT2D eigenvalue weighted by molar-refractivity contribution is -0.127. The van der Waals surface area contributed by atoms with E-state index < -0.39 is 0 Å². The lowest BCUT2D eigenvalue weighted by Gasteiger charge is -2.18. The molecule has 174 valence electrons. The minimum absolute atomic E-state index is 0.0406. The zero-order chi connectivity index (χ0) is 23.9. The van der Waals surface area contributed by atoms with Crippen molar-refractivity contribution in [2.75, 3.05) is 31.8 Å². The number of hydrogen-bond donors (Lipinski definition) is 0. The topological polar surface area (TPSA) is 67.2 Å². The Bertz CT molecular complexity index is 1210. The van der Waals surface area contributed by atoms with Crippen LogP contribution in [0.2, 0.25) is 0 Å². The molecule has 4 rings (SSSR count). The summed E-state index contributed by atoms with van der Waals surface area (Å²) in [5, 5.41) is 9.53. The van der Waals surface area contributed by atoms with E-state index >= 15 is 0 Å². The fourth-order valence-electron chi connectivity index (χ4n) is 3.51. The quantitative estimate of drug-likeness (QED) is 0.340. The van der Waals surface area contributed by atoms with Gasteiger partial charge in [-0.3, -0.25) is 14.3 Å². The van der Waals surface area contributed by atoms with E-state index in [4.69, 9.17) is 0 Å². The van der Waals surface area contributed by atoms with Crippen molar-refractivity contribution in [3.63, 3.8) is 0 Å². The monoisotopic (exact) mass is 472 g/mol. The van der Waals surface area contributed by atoms with Crippen LogP contribution >= 0.6 is 11.8 Å². The van der Waals surface area contributed by atoms with E-state index in [0.29, 0.717) is 18.2 Å². The number of hydrogen-bond acceptors (Lipinski definition) is 6. The highest BCUT2D eigenvalue weighted by atomic mass is 32.2. The smallest absolute Gasteiger partial charge is 0.233 e. The standard InChI is InChI=1S/C26H28N6OS/c1-30(2)23-13-11-21(12-14-23)17-31(3)24(33)19-34-26-29-28-25(22-10-7-15-27-16-22)32(26)18-20-8-5-4-6-9-20/h4-16H,17-19H2,1-3H3. The normalized spacial score (nSPS) is 10.8. The molecule has 0 unspecified atom stereocenters. The molecule has 1 amide bonds. The van der Waals surface area contributed by atoms with E-state index in [9.17, 15) is 4.79 Å². The zero-order valence-electron chi connectivity index (χ0n) is 19.6. The number of amides is 1. The van der Waals surface area contributed by atoms with Crippen LogP contribution in [0.4, 0.5) is 5.69 Å².